The lowest BCUT2D eigenvalue weighted by molar-refractivity contribution is 0.0881. The standard InChI is InChI=1S/C17H22N2O2/c1-11(2)14-8-9-21-15(14)16(20)19-17(4,5)13-7-6-12(3)18-10-13/h6-11H,1-5H3,(H,19,20). The number of furan rings is 1. The Hall–Kier alpha value is -2.10. The highest BCUT2D eigenvalue weighted by Crippen LogP contribution is 2.24. The fourth-order valence-electron chi connectivity index (χ4n) is 2.21. The van der Waals surface area contributed by atoms with Gasteiger partial charge in [-0.2, -0.15) is 0 Å². The molecule has 0 saturated heterocycles. The third-order valence-corrected chi connectivity index (χ3v) is 3.58. The van der Waals surface area contributed by atoms with Gasteiger partial charge in [0.25, 0.3) is 5.91 Å². The second-order valence-corrected chi connectivity index (χ2v) is 6.13. The molecule has 4 nitrogen and oxygen atoms in total. The van der Waals surface area contributed by atoms with E-state index in [4.69, 9.17) is 4.42 Å². The van der Waals surface area contributed by atoms with Crippen LogP contribution >= 0.6 is 0 Å². The summed E-state index contributed by atoms with van der Waals surface area (Å²) in [7, 11) is 0. The number of nitrogens with one attached hydrogen (secondary N) is 1. The summed E-state index contributed by atoms with van der Waals surface area (Å²) in [5.74, 6) is 0.432. The summed E-state index contributed by atoms with van der Waals surface area (Å²) in [5, 5.41) is 3.02. The van der Waals surface area contributed by atoms with Crippen molar-refractivity contribution in [3.8, 4) is 0 Å². The van der Waals surface area contributed by atoms with Gasteiger partial charge in [0, 0.05) is 17.5 Å². The summed E-state index contributed by atoms with van der Waals surface area (Å²) in [6.07, 6.45) is 3.35. The maximum Gasteiger partial charge on any atom is 0.287 e. The number of nitrogens with zero attached hydrogens (tertiary/aromatic N) is 1. The second kappa shape index (κ2) is 5.72. The number of carbonyl (C=O) groups is 1. The zero-order valence-electron chi connectivity index (χ0n) is 13.2. The number of amides is 1. The molecule has 0 spiro atoms. The van der Waals surface area contributed by atoms with Gasteiger partial charge in [-0.05, 0) is 44.4 Å². The van der Waals surface area contributed by atoms with Crippen LogP contribution in [0.25, 0.3) is 0 Å². The van der Waals surface area contributed by atoms with Crippen molar-refractivity contribution in [2.75, 3.05) is 0 Å². The number of carbonyl (C=O) groups excluding carboxylic acids is 1. The van der Waals surface area contributed by atoms with E-state index in [9.17, 15) is 4.79 Å². The van der Waals surface area contributed by atoms with Gasteiger partial charge in [0.1, 0.15) is 0 Å². The summed E-state index contributed by atoms with van der Waals surface area (Å²) in [6.45, 7) is 9.92. The van der Waals surface area contributed by atoms with E-state index in [2.05, 4.69) is 10.3 Å². The Morgan fingerprint density at radius 3 is 2.57 bits per heavy atom. The van der Waals surface area contributed by atoms with Crippen molar-refractivity contribution in [2.24, 2.45) is 0 Å². The molecule has 112 valence electrons. The molecule has 1 N–H and O–H groups in total. The number of hydrogen-bond donors (Lipinski definition) is 1. The molecule has 2 aromatic rings. The van der Waals surface area contributed by atoms with Gasteiger partial charge in [-0.1, -0.05) is 19.9 Å². The highest BCUT2D eigenvalue weighted by atomic mass is 16.3. The quantitative estimate of drug-likeness (QED) is 0.930. The van der Waals surface area contributed by atoms with Crippen molar-refractivity contribution in [2.45, 2.75) is 46.1 Å². The zero-order chi connectivity index (χ0) is 15.6. The van der Waals surface area contributed by atoms with Crippen molar-refractivity contribution >= 4 is 5.91 Å². The summed E-state index contributed by atoms with van der Waals surface area (Å²) in [6, 6.07) is 5.77. The molecule has 0 aliphatic rings. The molecule has 0 atom stereocenters. The van der Waals surface area contributed by atoms with Gasteiger partial charge in [0.05, 0.1) is 11.8 Å². The van der Waals surface area contributed by atoms with Gasteiger partial charge in [-0.3, -0.25) is 9.78 Å². The molecule has 2 heterocycles. The van der Waals surface area contributed by atoms with Crippen LogP contribution in [0, 0.1) is 6.92 Å². The molecule has 0 aromatic carbocycles. The van der Waals surface area contributed by atoms with Crippen LogP contribution in [0.2, 0.25) is 0 Å². The number of rotatable bonds is 4. The van der Waals surface area contributed by atoms with E-state index in [1.807, 2.05) is 52.8 Å². The Bertz CT molecular complexity index is 624. The van der Waals surface area contributed by atoms with E-state index in [0.717, 1.165) is 16.8 Å². The monoisotopic (exact) mass is 286 g/mol. The summed E-state index contributed by atoms with van der Waals surface area (Å²) < 4.78 is 5.36. The number of pyridine rings is 1. The van der Waals surface area contributed by atoms with Crippen LogP contribution in [0.1, 0.15) is 61.0 Å². The lowest BCUT2D eigenvalue weighted by Crippen LogP contribution is -2.41. The first kappa shape index (κ1) is 15.3. The van der Waals surface area contributed by atoms with Crippen LogP contribution < -0.4 is 5.32 Å². The molecule has 2 aromatic heterocycles. The smallest absolute Gasteiger partial charge is 0.287 e. The summed E-state index contributed by atoms with van der Waals surface area (Å²) in [4.78, 5) is 16.7. The van der Waals surface area contributed by atoms with Crippen molar-refractivity contribution in [1.29, 1.82) is 0 Å². The van der Waals surface area contributed by atoms with Gasteiger partial charge in [-0.15, -0.1) is 0 Å². The predicted octanol–water partition coefficient (Wildman–Crippen LogP) is 3.77. The molecular weight excluding hydrogens is 264 g/mol. The maximum atomic E-state index is 12.5. The fraction of sp³-hybridized carbons (Fsp3) is 0.412. The summed E-state index contributed by atoms with van der Waals surface area (Å²) in [5.41, 5.74) is 2.32. The highest BCUT2D eigenvalue weighted by molar-refractivity contribution is 5.93. The van der Waals surface area contributed by atoms with Crippen LogP contribution in [-0.4, -0.2) is 10.9 Å². The Morgan fingerprint density at radius 2 is 2.00 bits per heavy atom. The van der Waals surface area contributed by atoms with Crippen LogP contribution in [0.5, 0.6) is 0 Å². The van der Waals surface area contributed by atoms with Crippen LogP contribution in [0.15, 0.2) is 35.1 Å². The maximum absolute atomic E-state index is 12.5. The third-order valence-electron chi connectivity index (χ3n) is 3.58. The average molecular weight is 286 g/mol. The van der Waals surface area contributed by atoms with Gasteiger partial charge >= 0.3 is 0 Å². The normalized spacial score (nSPS) is 11.7. The highest BCUT2D eigenvalue weighted by Gasteiger charge is 2.27. The third kappa shape index (κ3) is 3.32. The SMILES string of the molecule is Cc1ccc(C(C)(C)NC(=O)c2occc2C(C)C)cn1. The minimum absolute atomic E-state index is 0.200. The Kier molecular flexibility index (Phi) is 4.16. The molecule has 0 saturated carbocycles. The van der Waals surface area contributed by atoms with Crippen molar-refractivity contribution in [3.05, 3.63) is 53.2 Å². The second-order valence-electron chi connectivity index (χ2n) is 6.13. The molecule has 0 radical (unpaired) electrons. The largest absolute Gasteiger partial charge is 0.459 e. The van der Waals surface area contributed by atoms with Gasteiger partial charge < -0.3 is 9.73 Å². The molecule has 21 heavy (non-hydrogen) atoms. The fourth-order valence-corrected chi connectivity index (χ4v) is 2.21. The van der Waals surface area contributed by atoms with Crippen LogP contribution in [0.4, 0.5) is 0 Å². The number of aryl methyl sites for hydroxylation is 1. The van der Waals surface area contributed by atoms with Gasteiger partial charge in [0.2, 0.25) is 0 Å². The van der Waals surface area contributed by atoms with E-state index >= 15 is 0 Å². The van der Waals surface area contributed by atoms with Crippen molar-refractivity contribution in [1.82, 2.24) is 10.3 Å². The van der Waals surface area contributed by atoms with Gasteiger partial charge in [0.15, 0.2) is 5.76 Å². The Labute approximate surface area is 125 Å². The molecule has 0 unspecified atom stereocenters. The van der Waals surface area contributed by atoms with Crippen LogP contribution in [0.3, 0.4) is 0 Å². The number of aromatic nitrogens is 1. The number of hydrogen-bond acceptors (Lipinski definition) is 3. The van der Waals surface area contributed by atoms with E-state index in [0.29, 0.717) is 5.76 Å². The van der Waals surface area contributed by atoms with Crippen LogP contribution in [-0.2, 0) is 5.54 Å². The van der Waals surface area contributed by atoms with Crippen molar-refractivity contribution in [3.63, 3.8) is 0 Å². The molecule has 2 rings (SSSR count). The lowest BCUT2D eigenvalue weighted by Gasteiger charge is -2.26. The molecule has 0 bridgehead atoms. The van der Waals surface area contributed by atoms with Gasteiger partial charge in [-0.25, -0.2) is 0 Å². The minimum Gasteiger partial charge on any atom is -0.459 e. The first-order valence-electron chi connectivity index (χ1n) is 7.14. The molecule has 4 heteroatoms. The molecular formula is C17H22N2O2. The molecule has 0 aliphatic carbocycles. The summed E-state index contributed by atoms with van der Waals surface area (Å²) >= 11 is 0. The molecule has 0 fully saturated rings. The van der Waals surface area contributed by atoms with E-state index in [1.54, 1.807) is 12.5 Å². The van der Waals surface area contributed by atoms with E-state index in [1.165, 1.54) is 0 Å². The zero-order valence-corrected chi connectivity index (χ0v) is 13.2. The Morgan fingerprint density at radius 1 is 1.29 bits per heavy atom. The first-order valence-corrected chi connectivity index (χ1v) is 7.14. The first-order chi connectivity index (χ1) is 9.81. The van der Waals surface area contributed by atoms with E-state index < -0.39 is 5.54 Å². The molecule has 0 aliphatic heterocycles. The Balaban J connectivity index is 2.21. The average Bonchev–Trinajstić information content (AvgIpc) is 2.88. The van der Waals surface area contributed by atoms with Crippen molar-refractivity contribution < 1.29 is 9.21 Å². The molecule has 1 amide bonds. The predicted molar refractivity (Wildman–Crippen MR) is 82.3 cm³/mol. The van der Waals surface area contributed by atoms with E-state index in [-0.39, 0.29) is 11.8 Å². The topological polar surface area (TPSA) is 55.1 Å². The lowest BCUT2D eigenvalue weighted by atomic mass is 9.95. The minimum atomic E-state index is -0.515.